The van der Waals surface area contributed by atoms with Gasteiger partial charge in [0.25, 0.3) is 0 Å². The van der Waals surface area contributed by atoms with E-state index in [4.69, 9.17) is 5.11 Å². The van der Waals surface area contributed by atoms with Crippen molar-refractivity contribution in [1.29, 1.82) is 0 Å². The molecule has 0 aliphatic heterocycles. The van der Waals surface area contributed by atoms with Crippen LogP contribution < -0.4 is 0 Å². The van der Waals surface area contributed by atoms with Crippen LogP contribution in [0.4, 0.5) is 0 Å². The summed E-state index contributed by atoms with van der Waals surface area (Å²) in [5.41, 5.74) is 1.16. The summed E-state index contributed by atoms with van der Waals surface area (Å²) in [7, 11) is 4.04. The van der Waals surface area contributed by atoms with Gasteiger partial charge in [0.2, 0.25) is 0 Å². The first-order chi connectivity index (χ1) is 8.99. The monoisotopic (exact) mass is 265 g/mol. The van der Waals surface area contributed by atoms with Gasteiger partial charge < -0.3 is 10.0 Å². The molecule has 19 heavy (non-hydrogen) atoms. The van der Waals surface area contributed by atoms with Gasteiger partial charge >= 0.3 is 5.97 Å². The SMILES string of the molecule is CC(CN(CCN(C)C)Cc1ccncc1)C(=O)O. The molecule has 0 aromatic carbocycles. The molecule has 0 amide bonds. The highest BCUT2D eigenvalue weighted by Gasteiger charge is 2.16. The summed E-state index contributed by atoms with van der Waals surface area (Å²) in [6.45, 7) is 4.83. The molecule has 1 aromatic rings. The average Bonchev–Trinajstić information content (AvgIpc) is 2.37. The van der Waals surface area contributed by atoms with Crippen LogP contribution in [0.25, 0.3) is 0 Å². The molecule has 5 nitrogen and oxygen atoms in total. The van der Waals surface area contributed by atoms with E-state index in [0.717, 1.165) is 25.2 Å². The summed E-state index contributed by atoms with van der Waals surface area (Å²) in [5, 5.41) is 9.03. The second-order valence-corrected chi connectivity index (χ2v) is 5.13. The molecule has 106 valence electrons. The third-order valence-corrected chi connectivity index (χ3v) is 2.97. The molecule has 0 spiro atoms. The lowest BCUT2D eigenvalue weighted by atomic mass is 10.1. The minimum absolute atomic E-state index is 0.357. The lowest BCUT2D eigenvalue weighted by molar-refractivity contribution is -0.141. The topological polar surface area (TPSA) is 56.7 Å². The highest BCUT2D eigenvalue weighted by atomic mass is 16.4. The standard InChI is InChI=1S/C14H23N3O2/c1-12(14(18)19)10-17(9-8-16(2)3)11-13-4-6-15-7-5-13/h4-7,12H,8-11H2,1-3H3,(H,18,19). The predicted octanol–water partition coefficient (Wildman–Crippen LogP) is 1.17. The van der Waals surface area contributed by atoms with Gasteiger partial charge in [-0.2, -0.15) is 0 Å². The first-order valence-corrected chi connectivity index (χ1v) is 6.48. The predicted molar refractivity (Wildman–Crippen MR) is 74.9 cm³/mol. The number of hydrogen-bond donors (Lipinski definition) is 1. The molecule has 1 N–H and O–H groups in total. The van der Waals surface area contributed by atoms with Crippen molar-refractivity contribution in [3.8, 4) is 0 Å². The molecule has 0 radical (unpaired) electrons. The first-order valence-electron chi connectivity index (χ1n) is 6.48. The molecule has 0 fully saturated rings. The summed E-state index contributed by atoms with van der Waals surface area (Å²) in [5.74, 6) is -1.10. The van der Waals surface area contributed by atoms with E-state index in [1.54, 1.807) is 19.3 Å². The average molecular weight is 265 g/mol. The molecule has 1 unspecified atom stereocenters. The van der Waals surface area contributed by atoms with E-state index in [1.807, 2.05) is 26.2 Å². The zero-order valence-corrected chi connectivity index (χ0v) is 11.9. The van der Waals surface area contributed by atoms with Crippen LogP contribution in [0.15, 0.2) is 24.5 Å². The van der Waals surface area contributed by atoms with Crippen LogP contribution in [-0.2, 0) is 11.3 Å². The van der Waals surface area contributed by atoms with E-state index >= 15 is 0 Å². The van der Waals surface area contributed by atoms with Gasteiger partial charge in [0, 0.05) is 38.6 Å². The summed E-state index contributed by atoms with van der Waals surface area (Å²) in [6.07, 6.45) is 3.53. The van der Waals surface area contributed by atoms with E-state index in [9.17, 15) is 4.79 Å². The lowest BCUT2D eigenvalue weighted by Gasteiger charge is -2.25. The largest absolute Gasteiger partial charge is 0.481 e. The molecule has 0 saturated carbocycles. The Hall–Kier alpha value is -1.46. The molecule has 0 bridgehead atoms. The van der Waals surface area contributed by atoms with Crippen LogP contribution >= 0.6 is 0 Å². The van der Waals surface area contributed by atoms with Gasteiger partial charge in [-0.05, 0) is 31.8 Å². The minimum Gasteiger partial charge on any atom is -0.481 e. The maximum absolute atomic E-state index is 11.0. The number of hydrogen-bond acceptors (Lipinski definition) is 4. The number of carboxylic acid groups (broad SMARTS) is 1. The third kappa shape index (κ3) is 6.31. The van der Waals surface area contributed by atoms with E-state index < -0.39 is 5.97 Å². The summed E-state index contributed by atoms with van der Waals surface area (Å²) in [4.78, 5) is 19.3. The smallest absolute Gasteiger partial charge is 0.307 e. The van der Waals surface area contributed by atoms with Crippen molar-refractivity contribution < 1.29 is 9.90 Å². The Kier molecular flexibility index (Phi) is 6.45. The van der Waals surface area contributed by atoms with Gasteiger partial charge in [0.15, 0.2) is 0 Å². The molecule has 1 aromatic heterocycles. The van der Waals surface area contributed by atoms with E-state index in [0.29, 0.717) is 6.54 Å². The van der Waals surface area contributed by atoms with Crippen LogP contribution in [-0.4, -0.2) is 59.6 Å². The quantitative estimate of drug-likeness (QED) is 0.764. The molecule has 1 rings (SSSR count). The Bertz CT molecular complexity index is 382. The van der Waals surface area contributed by atoms with Crippen LogP contribution in [0.1, 0.15) is 12.5 Å². The Morgan fingerprint density at radius 1 is 1.32 bits per heavy atom. The van der Waals surface area contributed by atoms with Gasteiger partial charge in [-0.1, -0.05) is 6.92 Å². The van der Waals surface area contributed by atoms with Crippen LogP contribution in [0.5, 0.6) is 0 Å². The first kappa shape index (κ1) is 15.6. The van der Waals surface area contributed by atoms with Gasteiger partial charge in [-0.15, -0.1) is 0 Å². The molecule has 1 heterocycles. The Morgan fingerprint density at radius 2 is 1.95 bits per heavy atom. The zero-order chi connectivity index (χ0) is 14.3. The molecule has 0 aliphatic carbocycles. The number of aromatic nitrogens is 1. The zero-order valence-electron chi connectivity index (χ0n) is 11.9. The van der Waals surface area contributed by atoms with Crippen LogP contribution in [0.2, 0.25) is 0 Å². The number of likely N-dealkylation sites (N-methyl/N-ethyl adjacent to an activating group) is 1. The fraction of sp³-hybridized carbons (Fsp3) is 0.571. The normalized spacial score (nSPS) is 12.9. The number of rotatable bonds is 8. The van der Waals surface area contributed by atoms with Crippen molar-refractivity contribution in [2.75, 3.05) is 33.7 Å². The number of carboxylic acids is 1. The fourth-order valence-corrected chi connectivity index (χ4v) is 1.79. The number of aliphatic carboxylic acids is 1. The Morgan fingerprint density at radius 3 is 2.47 bits per heavy atom. The number of carbonyl (C=O) groups is 1. The second kappa shape index (κ2) is 7.86. The van der Waals surface area contributed by atoms with E-state index in [1.165, 1.54) is 0 Å². The summed E-state index contributed by atoms with van der Waals surface area (Å²) in [6, 6.07) is 3.93. The lowest BCUT2D eigenvalue weighted by Crippen LogP contribution is -2.36. The summed E-state index contributed by atoms with van der Waals surface area (Å²) < 4.78 is 0. The molecule has 0 saturated heterocycles. The van der Waals surface area contributed by atoms with E-state index in [2.05, 4.69) is 14.8 Å². The number of nitrogens with zero attached hydrogens (tertiary/aromatic N) is 3. The Balaban J connectivity index is 2.60. The van der Waals surface area contributed by atoms with Crippen LogP contribution in [0.3, 0.4) is 0 Å². The maximum atomic E-state index is 11.0. The van der Waals surface area contributed by atoms with Gasteiger partial charge in [0.05, 0.1) is 5.92 Å². The van der Waals surface area contributed by atoms with Crippen molar-refractivity contribution in [2.24, 2.45) is 5.92 Å². The second-order valence-electron chi connectivity index (χ2n) is 5.13. The molecular weight excluding hydrogens is 242 g/mol. The maximum Gasteiger partial charge on any atom is 0.307 e. The third-order valence-electron chi connectivity index (χ3n) is 2.97. The van der Waals surface area contributed by atoms with Crippen LogP contribution in [0, 0.1) is 5.92 Å². The molecule has 0 aliphatic rings. The van der Waals surface area contributed by atoms with Gasteiger partial charge in [-0.25, -0.2) is 0 Å². The highest BCUT2D eigenvalue weighted by Crippen LogP contribution is 2.07. The fourth-order valence-electron chi connectivity index (χ4n) is 1.79. The molecular formula is C14H23N3O2. The Labute approximate surface area is 114 Å². The van der Waals surface area contributed by atoms with Gasteiger partial charge in [0.1, 0.15) is 0 Å². The van der Waals surface area contributed by atoms with Gasteiger partial charge in [-0.3, -0.25) is 14.7 Å². The van der Waals surface area contributed by atoms with Crippen molar-refractivity contribution >= 4 is 5.97 Å². The van der Waals surface area contributed by atoms with Crippen molar-refractivity contribution in [3.63, 3.8) is 0 Å². The highest BCUT2D eigenvalue weighted by molar-refractivity contribution is 5.69. The van der Waals surface area contributed by atoms with E-state index in [-0.39, 0.29) is 5.92 Å². The van der Waals surface area contributed by atoms with Crippen molar-refractivity contribution in [3.05, 3.63) is 30.1 Å². The minimum atomic E-state index is -0.746. The molecule has 5 heteroatoms. The van der Waals surface area contributed by atoms with Crippen molar-refractivity contribution in [1.82, 2.24) is 14.8 Å². The molecule has 1 atom stereocenters. The summed E-state index contributed by atoms with van der Waals surface area (Å²) >= 11 is 0. The number of pyridine rings is 1. The van der Waals surface area contributed by atoms with Crippen molar-refractivity contribution in [2.45, 2.75) is 13.5 Å².